The molecule has 1 rings (SSSR count). The van der Waals surface area contributed by atoms with Gasteiger partial charge in [0, 0.05) is 10.7 Å². The Morgan fingerprint density at radius 2 is 2.25 bits per heavy atom. The zero-order chi connectivity index (χ0) is 12.3. The van der Waals surface area contributed by atoms with Crippen molar-refractivity contribution in [3.8, 4) is 6.07 Å². The Balaban J connectivity index is 2.98. The number of rotatable bonds is 3. The van der Waals surface area contributed by atoms with Crippen molar-refractivity contribution in [1.82, 2.24) is 4.98 Å². The SMILES string of the molecule is Cc1cc(NS(=O)(=O)C(C)C#N)ncc1Br. The Hall–Kier alpha value is -1.13. The number of hydrogen-bond acceptors (Lipinski definition) is 4. The molecule has 86 valence electrons. The van der Waals surface area contributed by atoms with Crippen LogP contribution < -0.4 is 4.72 Å². The van der Waals surface area contributed by atoms with E-state index in [-0.39, 0.29) is 5.82 Å². The number of halogens is 1. The summed E-state index contributed by atoms with van der Waals surface area (Å²) in [7, 11) is -3.68. The van der Waals surface area contributed by atoms with Gasteiger partial charge in [-0.3, -0.25) is 4.72 Å². The van der Waals surface area contributed by atoms with E-state index in [9.17, 15) is 8.42 Å². The second-order valence-electron chi connectivity index (χ2n) is 3.24. The van der Waals surface area contributed by atoms with E-state index in [0.29, 0.717) is 0 Å². The molecule has 0 aliphatic carbocycles. The molecule has 0 aromatic carbocycles. The number of hydrogen-bond donors (Lipinski definition) is 1. The largest absolute Gasteiger partial charge is 0.266 e. The van der Waals surface area contributed by atoms with Crippen LogP contribution in [0, 0.1) is 18.3 Å². The van der Waals surface area contributed by atoms with Gasteiger partial charge in [0.2, 0.25) is 10.0 Å². The van der Waals surface area contributed by atoms with Crippen LogP contribution in [-0.2, 0) is 10.0 Å². The molecule has 1 aromatic rings. The first-order valence-electron chi connectivity index (χ1n) is 4.40. The molecule has 0 aliphatic rings. The quantitative estimate of drug-likeness (QED) is 0.923. The second-order valence-corrected chi connectivity index (χ2v) is 6.09. The summed E-state index contributed by atoms with van der Waals surface area (Å²) in [6.45, 7) is 3.13. The summed E-state index contributed by atoms with van der Waals surface area (Å²) < 4.78 is 26.1. The first kappa shape index (κ1) is 12.9. The molecule has 1 aromatic heterocycles. The van der Waals surface area contributed by atoms with Crippen LogP contribution >= 0.6 is 15.9 Å². The van der Waals surface area contributed by atoms with E-state index in [4.69, 9.17) is 5.26 Å². The van der Waals surface area contributed by atoms with Crippen LogP contribution in [0.2, 0.25) is 0 Å². The van der Waals surface area contributed by atoms with Crippen LogP contribution in [0.3, 0.4) is 0 Å². The fourth-order valence-electron chi connectivity index (χ4n) is 0.899. The zero-order valence-electron chi connectivity index (χ0n) is 8.73. The van der Waals surface area contributed by atoms with E-state index in [2.05, 4.69) is 25.6 Å². The number of nitrogens with one attached hydrogen (secondary N) is 1. The number of nitrogens with zero attached hydrogens (tertiary/aromatic N) is 2. The van der Waals surface area contributed by atoms with E-state index in [1.807, 2.05) is 6.92 Å². The van der Waals surface area contributed by atoms with Crippen molar-refractivity contribution < 1.29 is 8.42 Å². The highest BCUT2D eigenvalue weighted by Gasteiger charge is 2.20. The predicted molar refractivity (Wildman–Crippen MR) is 64.3 cm³/mol. The highest BCUT2D eigenvalue weighted by Crippen LogP contribution is 2.18. The molecule has 0 saturated carbocycles. The Morgan fingerprint density at radius 3 is 2.75 bits per heavy atom. The van der Waals surface area contributed by atoms with Crippen molar-refractivity contribution in [1.29, 1.82) is 5.26 Å². The number of aromatic nitrogens is 1. The van der Waals surface area contributed by atoms with E-state index < -0.39 is 15.3 Å². The molecular weight excluding hydrogens is 294 g/mol. The molecule has 0 saturated heterocycles. The summed E-state index contributed by atoms with van der Waals surface area (Å²) in [4.78, 5) is 3.89. The van der Waals surface area contributed by atoms with Gasteiger partial charge in [-0.25, -0.2) is 13.4 Å². The summed E-state index contributed by atoms with van der Waals surface area (Å²) in [6.07, 6.45) is 1.50. The lowest BCUT2D eigenvalue weighted by molar-refractivity contribution is 0.597. The van der Waals surface area contributed by atoms with E-state index in [0.717, 1.165) is 10.0 Å². The Labute approximate surface area is 103 Å². The Kier molecular flexibility index (Phi) is 3.88. The number of anilines is 1. The highest BCUT2D eigenvalue weighted by atomic mass is 79.9. The Morgan fingerprint density at radius 1 is 1.62 bits per heavy atom. The third kappa shape index (κ3) is 2.93. The van der Waals surface area contributed by atoms with Gasteiger partial charge >= 0.3 is 0 Å². The van der Waals surface area contributed by atoms with Gasteiger partial charge in [0.1, 0.15) is 5.82 Å². The summed E-state index contributed by atoms with van der Waals surface area (Å²) in [6, 6.07) is 3.25. The molecule has 1 N–H and O–H groups in total. The standard InChI is InChI=1S/C9H10BrN3O2S/c1-6-3-9(12-5-8(6)10)13-16(14,15)7(2)4-11/h3,5,7H,1-2H3,(H,12,13). The minimum atomic E-state index is -3.68. The number of aryl methyl sites for hydroxylation is 1. The monoisotopic (exact) mass is 303 g/mol. The van der Waals surface area contributed by atoms with Crippen LogP contribution in [0.4, 0.5) is 5.82 Å². The molecule has 1 heterocycles. The lowest BCUT2D eigenvalue weighted by Gasteiger charge is -2.09. The van der Waals surface area contributed by atoms with Gasteiger partial charge in [0.25, 0.3) is 0 Å². The van der Waals surface area contributed by atoms with E-state index >= 15 is 0 Å². The summed E-state index contributed by atoms with van der Waals surface area (Å²) in [5.41, 5.74) is 0.859. The van der Waals surface area contributed by atoms with Crippen LogP contribution in [-0.4, -0.2) is 18.7 Å². The first-order valence-corrected chi connectivity index (χ1v) is 6.74. The third-order valence-electron chi connectivity index (χ3n) is 1.94. The first-order chi connectivity index (χ1) is 7.36. The van der Waals surface area contributed by atoms with Crippen LogP contribution in [0.5, 0.6) is 0 Å². The van der Waals surface area contributed by atoms with Gasteiger partial charge in [-0.05, 0) is 41.4 Å². The molecule has 0 fully saturated rings. The van der Waals surface area contributed by atoms with Crippen molar-refractivity contribution in [2.75, 3.05) is 4.72 Å². The second kappa shape index (κ2) is 4.80. The summed E-state index contributed by atoms with van der Waals surface area (Å²) in [5, 5.41) is 7.44. The lowest BCUT2D eigenvalue weighted by atomic mass is 10.3. The molecule has 1 atom stereocenters. The van der Waals surface area contributed by atoms with Gasteiger partial charge in [-0.15, -0.1) is 0 Å². The predicted octanol–water partition coefficient (Wildman–Crippen LogP) is 1.81. The molecule has 0 bridgehead atoms. The highest BCUT2D eigenvalue weighted by molar-refractivity contribution is 9.10. The maximum absolute atomic E-state index is 11.5. The molecule has 0 spiro atoms. The smallest absolute Gasteiger partial charge is 0.250 e. The van der Waals surface area contributed by atoms with Gasteiger partial charge in [0.15, 0.2) is 5.25 Å². The maximum atomic E-state index is 11.5. The number of pyridine rings is 1. The van der Waals surface area contributed by atoms with Crippen LogP contribution in [0.1, 0.15) is 12.5 Å². The maximum Gasteiger partial charge on any atom is 0.250 e. The average Bonchev–Trinajstić information content (AvgIpc) is 2.22. The molecule has 1 unspecified atom stereocenters. The fourth-order valence-corrected chi connectivity index (χ4v) is 1.83. The van der Waals surface area contributed by atoms with Gasteiger partial charge < -0.3 is 0 Å². The number of sulfonamides is 1. The van der Waals surface area contributed by atoms with Gasteiger partial charge in [0.05, 0.1) is 6.07 Å². The van der Waals surface area contributed by atoms with Gasteiger partial charge in [-0.1, -0.05) is 0 Å². The summed E-state index contributed by atoms with van der Waals surface area (Å²) in [5.74, 6) is 0.211. The molecule has 0 radical (unpaired) electrons. The Bertz CT molecular complexity index is 536. The molecule has 5 nitrogen and oxygen atoms in total. The summed E-state index contributed by atoms with van der Waals surface area (Å²) >= 11 is 3.26. The topological polar surface area (TPSA) is 82.9 Å². The van der Waals surface area contributed by atoms with E-state index in [1.54, 1.807) is 12.1 Å². The third-order valence-corrected chi connectivity index (χ3v) is 4.30. The van der Waals surface area contributed by atoms with Crippen molar-refractivity contribution in [3.05, 3.63) is 22.3 Å². The fraction of sp³-hybridized carbons (Fsp3) is 0.333. The number of nitriles is 1. The van der Waals surface area contributed by atoms with Crippen LogP contribution in [0.15, 0.2) is 16.7 Å². The molecule has 0 aliphatic heterocycles. The molecular formula is C9H10BrN3O2S. The normalized spacial score (nSPS) is 12.9. The zero-order valence-corrected chi connectivity index (χ0v) is 11.1. The molecule has 7 heteroatoms. The minimum absolute atomic E-state index is 0.211. The molecule has 16 heavy (non-hydrogen) atoms. The van der Waals surface area contributed by atoms with Crippen molar-refractivity contribution in [2.24, 2.45) is 0 Å². The van der Waals surface area contributed by atoms with E-state index in [1.165, 1.54) is 13.1 Å². The van der Waals surface area contributed by atoms with Crippen LogP contribution in [0.25, 0.3) is 0 Å². The van der Waals surface area contributed by atoms with Crippen molar-refractivity contribution >= 4 is 31.8 Å². The van der Waals surface area contributed by atoms with Crippen molar-refractivity contribution in [2.45, 2.75) is 19.1 Å². The van der Waals surface area contributed by atoms with Crippen molar-refractivity contribution in [3.63, 3.8) is 0 Å². The average molecular weight is 304 g/mol. The minimum Gasteiger partial charge on any atom is -0.266 e. The molecule has 0 amide bonds. The lowest BCUT2D eigenvalue weighted by Crippen LogP contribution is -2.24. The van der Waals surface area contributed by atoms with Gasteiger partial charge in [-0.2, -0.15) is 5.26 Å².